The molecule has 1 aliphatic heterocycles. The number of hydrogen-bond donors (Lipinski definition) is 0. The van der Waals surface area contributed by atoms with Crippen LogP contribution in [-0.4, -0.2) is 125 Å². The zero-order chi connectivity index (χ0) is 40.7. The standard InChI is InChI=1S/C41H54F3N4O7P/c1-31(2)48(32(3)4)56(54-27-21-45-5)55-30-38(52-28-26-46-22-24-47(25-23-46)39(49)41(42,43)44)29-53-40(33-11-9-8-10-12-33,34-13-17-36(50-6)18-14-34)35-15-19-37(51-7)20-16-35/h8-20,31-32,38H,21-30H2,1-4,6-7H3/t38-,56?/m1/s1. The second-order valence-corrected chi connectivity index (χ2v) is 15.2. The van der Waals surface area contributed by atoms with Crippen molar-refractivity contribution in [1.29, 1.82) is 0 Å². The first-order valence-electron chi connectivity index (χ1n) is 18.7. The van der Waals surface area contributed by atoms with E-state index in [2.05, 4.69) is 37.2 Å². The van der Waals surface area contributed by atoms with E-state index in [1.165, 1.54) is 0 Å². The second-order valence-electron chi connectivity index (χ2n) is 13.8. The van der Waals surface area contributed by atoms with Crippen LogP contribution in [0.1, 0.15) is 44.4 Å². The SMILES string of the molecule is [C-]#[N+]CCOP(OC[C@@H](COC(c1ccccc1)(c1ccc(OC)cc1)c1ccc(OC)cc1)OCCN1CCN(C(=O)C(F)(F)F)CC1)N(C(C)C)C(C)C. The molecule has 4 rings (SSSR count). The Balaban J connectivity index is 1.65. The fourth-order valence-electron chi connectivity index (χ4n) is 6.59. The molecule has 0 aliphatic carbocycles. The summed E-state index contributed by atoms with van der Waals surface area (Å²) in [6, 6.07) is 25.5. The molecule has 0 saturated carbocycles. The third kappa shape index (κ3) is 12.1. The van der Waals surface area contributed by atoms with Crippen LogP contribution in [0, 0.1) is 6.57 Å². The molecule has 0 N–H and O–H groups in total. The second kappa shape index (κ2) is 21.6. The number of methoxy groups -OCH3 is 2. The van der Waals surface area contributed by atoms with Gasteiger partial charge in [0.25, 0.3) is 8.53 Å². The van der Waals surface area contributed by atoms with Crippen LogP contribution in [0.25, 0.3) is 4.85 Å². The summed E-state index contributed by atoms with van der Waals surface area (Å²) in [5.41, 5.74) is 1.44. The number of piperazine rings is 1. The van der Waals surface area contributed by atoms with Crippen LogP contribution in [0.3, 0.4) is 0 Å². The van der Waals surface area contributed by atoms with Gasteiger partial charge in [-0.05, 0) is 68.7 Å². The Morgan fingerprint density at radius 3 is 1.80 bits per heavy atom. The van der Waals surface area contributed by atoms with Crippen molar-refractivity contribution in [3.05, 3.63) is 107 Å². The molecule has 0 radical (unpaired) electrons. The summed E-state index contributed by atoms with van der Waals surface area (Å²) < 4.78 is 78.7. The van der Waals surface area contributed by atoms with Gasteiger partial charge >= 0.3 is 12.1 Å². The Bertz CT molecular complexity index is 1600. The van der Waals surface area contributed by atoms with Crippen molar-refractivity contribution >= 4 is 14.4 Å². The van der Waals surface area contributed by atoms with Crippen molar-refractivity contribution in [2.24, 2.45) is 0 Å². The number of carbonyl (C=O) groups is 1. The van der Waals surface area contributed by atoms with Gasteiger partial charge in [0.2, 0.25) is 6.54 Å². The molecule has 2 atom stereocenters. The summed E-state index contributed by atoms with van der Waals surface area (Å²) in [5.74, 6) is -0.435. The van der Waals surface area contributed by atoms with Gasteiger partial charge < -0.3 is 37.7 Å². The number of rotatable bonds is 21. The summed E-state index contributed by atoms with van der Waals surface area (Å²) >= 11 is 0. The number of benzene rings is 3. The summed E-state index contributed by atoms with van der Waals surface area (Å²) in [4.78, 5) is 18.0. The highest BCUT2D eigenvalue weighted by Crippen LogP contribution is 2.46. The van der Waals surface area contributed by atoms with E-state index in [9.17, 15) is 18.0 Å². The monoisotopic (exact) mass is 802 g/mol. The first-order chi connectivity index (χ1) is 26.8. The largest absolute Gasteiger partial charge is 0.497 e. The fraction of sp³-hybridized carbons (Fsp3) is 0.512. The van der Waals surface area contributed by atoms with Crippen LogP contribution < -0.4 is 9.47 Å². The predicted molar refractivity (Wildman–Crippen MR) is 209 cm³/mol. The molecule has 3 aromatic rings. The minimum Gasteiger partial charge on any atom is -0.497 e. The van der Waals surface area contributed by atoms with Gasteiger partial charge in [-0.2, -0.15) is 13.2 Å². The van der Waals surface area contributed by atoms with Crippen molar-refractivity contribution in [1.82, 2.24) is 14.5 Å². The van der Waals surface area contributed by atoms with Crippen molar-refractivity contribution in [2.45, 2.75) is 57.7 Å². The Morgan fingerprint density at radius 2 is 1.32 bits per heavy atom. The van der Waals surface area contributed by atoms with Crippen LogP contribution in [0.5, 0.6) is 11.5 Å². The van der Waals surface area contributed by atoms with Gasteiger partial charge in [-0.25, -0.2) is 11.2 Å². The van der Waals surface area contributed by atoms with Gasteiger partial charge in [0, 0.05) is 44.8 Å². The lowest BCUT2D eigenvalue weighted by molar-refractivity contribution is -0.187. The molecule has 0 bridgehead atoms. The van der Waals surface area contributed by atoms with Gasteiger partial charge in [-0.1, -0.05) is 54.6 Å². The molecular weight excluding hydrogens is 748 g/mol. The number of ether oxygens (including phenoxy) is 4. The molecule has 1 aliphatic rings. The highest BCUT2D eigenvalue weighted by molar-refractivity contribution is 7.44. The van der Waals surface area contributed by atoms with E-state index >= 15 is 0 Å². The third-order valence-electron chi connectivity index (χ3n) is 9.34. The maximum absolute atomic E-state index is 13.0. The molecule has 306 valence electrons. The average molecular weight is 803 g/mol. The summed E-state index contributed by atoms with van der Waals surface area (Å²) in [7, 11) is 1.64. The summed E-state index contributed by atoms with van der Waals surface area (Å²) in [5, 5.41) is 0. The number of alkyl halides is 3. The highest BCUT2D eigenvalue weighted by atomic mass is 31.2. The first kappa shape index (κ1) is 44.9. The number of amides is 1. The topological polar surface area (TPSA) is 86.5 Å². The van der Waals surface area contributed by atoms with Crippen LogP contribution in [0.15, 0.2) is 78.9 Å². The quantitative estimate of drug-likeness (QED) is 0.0474. The Kier molecular flexibility index (Phi) is 17.4. The van der Waals surface area contributed by atoms with E-state index in [4.69, 9.17) is 34.6 Å². The lowest BCUT2D eigenvalue weighted by atomic mass is 9.80. The lowest BCUT2D eigenvalue weighted by Gasteiger charge is -2.38. The van der Waals surface area contributed by atoms with Gasteiger partial charge in [0.05, 0.1) is 34.0 Å². The predicted octanol–water partition coefficient (Wildman–Crippen LogP) is 7.40. The van der Waals surface area contributed by atoms with Crippen molar-refractivity contribution in [2.75, 3.05) is 79.9 Å². The van der Waals surface area contributed by atoms with E-state index < -0.39 is 32.3 Å². The molecule has 1 fully saturated rings. The Hall–Kier alpha value is -3.80. The van der Waals surface area contributed by atoms with E-state index in [-0.39, 0.29) is 71.2 Å². The fourth-order valence-corrected chi connectivity index (χ4v) is 8.22. The van der Waals surface area contributed by atoms with Gasteiger partial charge in [-0.3, -0.25) is 9.69 Å². The highest BCUT2D eigenvalue weighted by Gasteiger charge is 2.43. The van der Waals surface area contributed by atoms with Crippen molar-refractivity contribution in [3.8, 4) is 11.5 Å². The lowest BCUT2D eigenvalue weighted by Crippen LogP contribution is -2.52. The zero-order valence-electron chi connectivity index (χ0n) is 33.0. The first-order valence-corrected chi connectivity index (χ1v) is 19.8. The normalized spacial score (nSPS) is 15.2. The average Bonchev–Trinajstić information content (AvgIpc) is 3.19. The molecule has 1 amide bonds. The molecule has 11 nitrogen and oxygen atoms in total. The number of nitrogens with zero attached hydrogens (tertiary/aromatic N) is 4. The molecular formula is C41H54F3N4O7P. The van der Waals surface area contributed by atoms with Crippen molar-refractivity contribution < 1.29 is 46.0 Å². The van der Waals surface area contributed by atoms with Gasteiger partial charge in [0.15, 0.2) is 0 Å². The smallest absolute Gasteiger partial charge is 0.471 e. The minimum absolute atomic E-state index is 0.0240. The Morgan fingerprint density at radius 1 is 0.786 bits per heavy atom. The van der Waals surface area contributed by atoms with E-state index in [1.807, 2.05) is 83.8 Å². The van der Waals surface area contributed by atoms with E-state index in [0.29, 0.717) is 18.0 Å². The van der Waals surface area contributed by atoms with Gasteiger partial charge in [-0.15, -0.1) is 0 Å². The number of carbonyl (C=O) groups excluding carboxylic acids is 1. The van der Waals surface area contributed by atoms with Crippen LogP contribution in [0.2, 0.25) is 0 Å². The molecule has 56 heavy (non-hydrogen) atoms. The number of halogens is 3. The van der Waals surface area contributed by atoms with Crippen LogP contribution in [0.4, 0.5) is 13.2 Å². The molecule has 0 spiro atoms. The maximum atomic E-state index is 13.0. The number of hydrogen-bond acceptors (Lipinski definition) is 9. The maximum Gasteiger partial charge on any atom is 0.471 e. The minimum atomic E-state index is -4.90. The molecule has 15 heteroatoms. The molecule has 0 aromatic heterocycles. The third-order valence-corrected chi connectivity index (χ3v) is 11.4. The zero-order valence-corrected chi connectivity index (χ0v) is 33.9. The molecule has 1 heterocycles. The van der Waals surface area contributed by atoms with E-state index in [0.717, 1.165) is 21.6 Å². The van der Waals surface area contributed by atoms with Crippen LogP contribution in [-0.2, 0) is 28.9 Å². The van der Waals surface area contributed by atoms with Crippen molar-refractivity contribution in [3.63, 3.8) is 0 Å². The molecule has 3 aromatic carbocycles. The molecule has 1 saturated heterocycles. The molecule has 1 unspecified atom stereocenters. The Labute approximate surface area is 330 Å². The summed E-state index contributed by atoms with van der Waals surface area (Å²) in [6.07, 6.45) is -5.52. The van der Waals surface area contributed by atoms with E-state index in [1.54, 1.807) is 14.2 Å². The van der Waals surface area contributed by atoms with Crippen LogP contribution >= 0.6 is 8.53 Å². The summed E-state index contributed by atoms with van der Waals surface area (Å²) in [6.45, 7) is 17.2. The van der Waals surface area contributed by atoms with Gasteiger partial charge in [0.1, 0.15) is 29.8 Å².